The number of benzene rings is 1. The topological polar surface area (TPSA) is 58.1 Å². The largest absolute Gasteiger partial charge is 0.339 e. The first kappa shape index (κ1) is 13.7. The van der Waals surface area contributed by atoms with E-state index < -0.39 is 0 Å². The number of imidazole rings is 1. The van der Waals surface area contributed by atoms with Gasteiger partial charge in [-0.25, -0.2) is 4.79 Å². The molecule has 5 nitrogen and oxygen atoms in total. The minimum Gasteiger partial charge on any atom is -0.339 e. The van der Waals surface area contributed by atoms with Gasteiger partial charge in [-0.2, -0.15) is 0 Å². The molecule has 110 valence electrons. The maximum absolute atomic E-state index is 12.2. The van der Waals surface area contributed by atoms with Crippen molar-refractivity contribution in [1.82, 2.24) is 14.5 Å². The lowest BCUT2D eigenvalue weighted by Crippen LogP contribution is -2.39. The van der Waals surface area contributed by atoms with Gasteiger partial charge in [0.25, 0.3) is 0 Å². The molecule has 5 heteroatoms. The van der Waals surface area contributed by atoms with Crippen LogP contribution in [0.25, 0.3) is 11.0 Å². The number of H-pyrrole nitrogens is 1. The average Bonchev–Trinajstić information content (AvgIpc) is 2.83. The number of piperidine rings is 1. The van der Waals surface area contributed by atoms with Crippen LogP contribution < -0.4 is 5.69 Å². The summed E-state index contributed by atoms with van der Waals surface area (Å²) < 4.78 is 1.84. The van der Waals surface area contributed by atoms with Gasteiger partial charge in [0.15, 0.2) is 0 Å². The summed E-state index contributed by atoms with van der Waals surface area (Å²) in [6.07, 6.45) is 4.98. The fourth-order valence-electron chi connectivity index (χ4n) is 3.03. The van der Waals surface area contributed by atoms with Crippen LogP contribution in [0.15, 0.2) is 41.2 Å². The number of rotatable bonds is 2. The minimum atomic E-state index is -0.0607. The molecule has 0 atom stereocenters. The summed E-state index contributed by atoms with van der Waals surface area (Å²) in [7, 11) is 0. The molecular weight excluding hydrogens is 266 g/mol. The number of carbonyl (C=O) groups is 1. The Morgan fingerprint density at radius 2 is 2.00 bits per heavy atom. The molecule has 1 fully saturated rings. The minimum absolute atomic E-state index is 0.0576. The highest BCUT2D eigenvalue weighted by atomic mass is 16.2. The molecule has 1 aliphatic heterocycles. The van der Waals surface area contributed by atoms with Crippen LogP contribution in [-0.2, 0) is 4.79 Å². The SMILES string of the molecule is C/C=C/C(=O)N1CCC(n2c(=O)[nH]c3ccccc32)CC1. The van der Waals surface area contributed by atoms with Gasteiger partial charge in [-0.1, -0.05) is 18.2 Å². The van der Waals surface area contributed by atoms with E-state index in [2.05, 4.69) is 4.98 Å². The highest BCUT2D eigenvalue weighted by molar-refractivity contribution is 5.87. The lowest BCUT2D eigenvalue weighted by Gasteiger charge is -2.31. The van der Waals surface area contributed by atoms with Crippen LogP contribution >= 0.6 is 0 Å². The first-order chi connectivity index (χ1) is 10.2. The summed E-state index contributed by atoms with van der Waals surface area (Å²) in [5.41, 5.74) is 1.75. The van der Waals surface area contributed by atoms with E-state index in [4.69, 9.17) is 0 Å². The molecule has 0 saturated carbocycles. The number of aromatic nitrogens is 2. The van der Waals surface area contributed by atoms with Gasteiger partial charge < -0.3 is 9.88 Å². The molecule has 21 heavy (non-hydrogen) atoms. The van der Waals surface area contributed by atoms with E-state index in [1.165, 1.54) is 0 Å². The monoisotopic (exact) mass is 285 g/mol. The number of aromatic amines is 1. The van der Waals surface area contributed by atoms with Crippen molar-refractivity contribution in [1.29, 1.82) is 0 Å². The number of amides is 1. The van der Waals surface area contributed by atoms with Crippen LogP contribution in [0.1, 0.15) is 25.8 Å². The molecule has 0 spiro atoms. The summed E-state index contributed by atoms with van der Waals surface area (Å²) in [5, 5.41) is 0. The zero-order chi connectivity index (χ0) is 14.8. The third-order valence-corrected chi connectivity index (χ3v) is 4.07. The maximum atomic E-state index is 12.2. The molecular formula is C16H19N3O2. The second-order valence-corrected chi connectivity index (χ2v) is 5.37. The Balaban J connectivity index is 1.82. The summed E-state index contributed by atoms with van der Waals surface area (Å²) in [4.78, 5) is 28.7. The fourth-order valence-corrected chi connectivity index (χ4v) is 3.03. The fraction of sp³-hybridized carbons (Fsp3) is 0.375. The van der Waals surface area contributed by atoms with Crippen molar-refractivity contribution in [3.63, 3.8) is 0 Å². The van der Waals surface area contributed by atoms with Crippen molar-refractivity contribution in [2.45, 2.75) is 25.8 Å². The molecule has 0 radical (unpaired) electrons. The number of carbonyl (C=O) groups excluding carboxylic acids is 1. The summed E-state index contributed by atoms with van der Waals surface area (Å²) in [6.45, 7) is 3.23. The van der Waals surface area contributed by atoms with E-state index in [0.717, 1.165) is 23.9 Å². The number of likely N-dealkylation sites (tertiary alicyclic amines) is 1. The van der Waals surface area contributed by atoms with Crippen molar-refractivity contribution in [2.75, 3.05) is 13.1 Å². The lowest BCUT2D eigenvalue weighted by molar-refractivity contribution is -0.127. The Morgan fingerprint density at radius 3 is 2.71 bits per heavy atom. The van der Waals surface area contributed by atoms with Gasteiger partial charge in [-0.15, -0.1) is 0 Å². The summed E-state index contributed by atoms with van der Waals surface area (Å²) >= 11 is 0. The van der Waals surface area contributed by atoms with Crippen LogP contribution in [0.4, 0.5) is 0 Å². The van der Waals surface area contributed by atoms with Crippen molar-refractivity contribution in [2.24, 2.45) is 0 Å². The van der Waals surface area contributed by atoms with E-state index in [1.54, 1.807) is 12.2 Å². The van der Waals surface area contributed by atoms with Crippen LogP contribution in [0.2, 0.25) is 0 Å². The van der Waals surface area contributed by atoms with E-state index in [1.807, 2.05) is 40.7 Å². The number of para-hydroxylation sites is 2. The Bertz CT molecular complexity index is 733. The van der Waals surface area contributed by atoms with E-state index in [0.29, 0.717) is 13.1 Å². The van der Waals surface area contributed by atoms with E-state index in [9.17, 15) is 9.59 Å². The van der Waals surface area contributed by atoms with Gasteiger partial charge >= 0.3 is 5.69 Å². The zero-order valence-corrected chi connectivity index (χ0v) is 12.1. The first-order valence-electron chi connectivity index (χ1n) is 7.31. The van der Waals surface area contributed by atoms with Gasteiger partial charge in [0.2, 0.25) is 5.91 Å². The predicted octanol–water partition coefficient (Wildman–Crippen LogP) is 2.07. The van der Waals surface area contributed by atoms with Crippen molar-refractivity contribution < 1.29 is 4.79 Å². The van der Waals surface area contributed by atoms with Crippen LogP contribution in [0.3, 0.4) is 0 Å². The highest BCUT2D eigenvalue weighted by Crippen LogP contribution is 2.24. The van der Waals surface area contributed by atoms with Crippen molar-refractivity contribution in [3.8, 4) is 0 Å². The normalized spacial score (nSPS) is 16.9. The van der Waals surface area contributed by atoms with Gasteiger partial charge in [0.05, 0.1) is 11.0 Å². The average molecular weight is 285 g/mol. The van der Waals surface area contributed by atoms with Crippen molar-refractivity contribution >= 4 is 16.9 Å². The number of fused-ring (bicyclic) bond motifs is 1. The van der Waals surface area contributed by atoms with Gasteiger partial charge in [0, 0.05) is 19.1 Å². The smallest absolute Gasteiger partial charge is 0.326 e. The first-order valence-corrected chi connectivity index (χ1v) is 7.31. The number of allylic oxidation sites excluding steroid dienone is 1. The Kier molecular flexibility index (Phi) is 3.64. The lowest BCUT2D eigenvalue weighted by atomic mass is 10.0. The maximum Gasteiger partial charge on any atom is 0.326 e. The summed E-state index contributed by atoms with van der Waals surface area (Å²) in [6, 6.07) is 7.89. The molecule has 0 unspecified atom stereocenters. The molecule has 1 aliphatic rings. The Hall–Kier alpha value is -2.30. The second kappa shape index (κ2) is 5.60. The standard InChI is InChI=1S/C16H19N3O2/c1-2-5-15(20)18-10-8-12(9-11-18)19-14-7-4-3-6-13(14)17-16(19)21/h2-7,12H,8-11H2,1H3,(H,17,21)/b5-2+. The molecule has 0 bridgehead atoms. The highest BCUT2D eigenvalue weighted by Gasteiger charge is 2.24. The molecule has 1 saturated heterocycles. The molecule has 2 aromatic rings. The van der Waals surface area contributed by atoms with Gasteiger partial charge in [-0.3, -0.25) is 9.36 Å². The Morgan fingerprint density at radius 1 is 1.29 bits per heavy atom. The van der Waals surface area contributed by atoms with E-state index >= 15 is 0 Å². The van der Waals surface area contributed by atoms with Gasteiger partial charge in [-0.05, 0) is 38.0 Å². The molecule has 1 aromatic heterocycles. The predicted molar refractivity (Wildman–Crippen MR) is 82.2 cm³/mol. The van der Waals surface area contributed by atoms with Gasteiger partial charge in [0.1, 0.15) is 0 Å². The molecule has 1 amide bonds. The van der Waals surface area contributed by atoms with Crippen molar-refractivity contribution in [3.05, 3.63) is 46.9 Å². The number of nitrogens with zero attached hydrogens (tertiary/aromatic N) is 2. The second-order valence-electron chi connectivity index (χ2n) is 5.37. The number of hydrogen-bond donors (Lipinski definition) is 1. The molecule has 1 N–H and O–H groups in total. The van der Waals surface area contributed by atoms with Crippen LogP contribution in [-0.4, -0.2) is 33.4 Å². The third-order valence-electron chi connectivity index (χ3n) is 4.07. The third kappa shape index (κ3) is 2.51. The summed E-state index contributed by atoms with van der Waals surface area (Å²) in [5.74, 6) is 0.0576. The molecule has 3 rings (SSSR count). The number of hydrogen-bond acceptors (Lipinski definition) is 2. The number of nitrogens with one attached hydrogen (secondary N) is 1. The van der Waals surface area contributed by atoms with Crippen LogP contribution in [0, 0.1) is 0 Å². The quantitative estimate of drug-likeness (QED) is 0.859. The van der Waals surface area contributed by atoms with Crippen LogP contribution in [0.5, 0.6) is 0 Å². The molecule has 1 aromatic carbocycles. The van der Waals surface area contributed by atoms with E-state index in [-0.39, 0.29) is 17.6 Å². The Labute approximate surface area is 122 Å². The molecule has 2 heterocycles. The molecule has 0 aliphatic carbocycles. The zero-order valence-electron chi connectivity index (χ0n) is 12.1.